The predicted molar refractivity (Wildman–Crippen MR) is 200 cm³/mol. The summed E-state index contributed by atoms with van der Waals surface area (Å²) >= 11 is 0. The highest BCUT2D eigenvalue weighted by Gasteiger charge is 2.16. The van der Waals surface area contributed by atoms with Crippen molar-refractivity contribution in [3.63, 3.8) is 0 Å². The van der Waals surface area contributed by atoms with E-state index >= 15 is 0 Å². The molecule has 0 saturated heterocycles. The summed E-state index contributed by atoms with van der Waals surface area (Å²) in [7, 11) is 0. The van der Waals surface area contributed by atoms with Crippen LogP contribution in [0.15, 0.2) is 186 Å². The number of fused-ring (bicyclic) bond motifs is 4. The van der Waals surface area contributed by atoms with Crippen LogP contribution in [0.2, 0.25) is 0 Å². The molecule has 0 atom stereocenters. The number of benzene rings is 8. The van der Waals surface area contributed by atoms with Crippen molar-refractivity contribution >= 4 is 49.7 Å². The number of oxazole rings is 1. The lowest BCUT2D eigenvalue weighted by Gasteiger charge is -2.26. The summed E-state index contributed by atoms with van der Waals surface area (Å²) in [5.74, 6) is 0.640. The molecular formula is C45H30N2O. The van der Waals surface area contributed by atoms with Gasteiger partial charge in [-0.05, 0) is 99.1 Å². The Kier molecular flexibility index (Phi) is 6.80. The first kappa shape index (κ1) is 27.8. The average Bonchev–Trinajstić information content (AvgIpc) is 3.61. The van der Waals surface area contributed by atoms with E-state index in [1.807, 2.05) is 30.3 Å². The molecule has 0 radical (unpaired) electrons. The fraction of sp³-hybridized carbons (Fsp3) is 0. The molecule has 8 aromatic carbocycles. The highest BCUT2D eigenvalue weighted by molar-refractivity contribution is 6.09. The van der Waals surface area contributed by atoms with Crippen molar-refractivity contribution in [2.24, 2.45) is 0 Å². The van der Waals surface area contributed by atoms with Gasteiger partial charge < -0.3 is 9.32 Å². The maximum Gasteiger partial charge on any atom is 0.227 e. The zero-order valence-corrected chi connectivity index (χ0v) is 26.1. The Morgan fingerprint density at radius 1 is 0.396 bits per heavy atom. The van der Waals surface area contributed by atoms with E-state index < -0.39 is 0 Å². The standard InChI is InChI=1S/C45H30N2O/c1-4-11-31(12-5-1)32-21-24-38(25-22-32)47(37-15-8-3-9-16-37)39-26-23-34-29-36(20-19-35(34)30-39)40-17-10-18-42-41(40)27-28-43-44(42)48-45(46-43)33-13-6-2-7-14-33/h1-30H. The molecule has 3 nitrogen and oxygen atoms in total. The van der Waals surface area contributed by atoms with Gasteiger partial charge in [-0.3, -0.25) is 0 Å². The second-order valence-corrected chi connectivity index (χ2v) is 12.0. The molecule has 0 spiro atoms. The summed E-state index contributed by atoms with van der Waals surface area (Å²) < 4.78 is 6.35. The Hall–Kier alpha value is -6.45. The van der Waals surface area contributed by atoms with E-state index in [1.54, 1.807) is 0 Å². The van der Waals surface area contributed by atoms with Crippen molar-refractivity contribution in [2.75, 3.05) is 4.90 Å². The molecule has 0 aliphatic carbocycles. The number of anilines is 3. The third-order valence-corrected chi connectivity index (χ3v) is 9.07. The van der Waals surface area contributed by atoms with Gasteiger partial charge in [0.05, 0.1) is 0 Å². The van der Waals surface area contributed by atoms with Crippen molar-refractivity contribution in [2.45, 2.75) is 0 Å². The van der Waals surface area contributed by atoms with E-state index in [1.165, 1.54) is 33.0 Å². The number of hydrogen-bond acceptors (Lipinski definition) is 3. The van der Waals surface area contributed by atoms with Gasteiger partial charge in [0.25, 0.3) is 0 Å². The van der Waals surface area contributed by atoms with Crippen LogP contribution >= 0.6 is 0 Å². The Balaban J connectivity index is 1.10. The van der Waals surface area contributed by atoms with Crippen molar-refractivity contribution < 1.29 is 4.42 Å². The maximum atomic E-state index is 6.35. The summed E-state index contributed by atoms with van der Waals surface area (Å²) in [5.41, 5.74) is 10.7. The van der Waals surface area contributed by atoms with Gasteiger partial charge in [0.15, 0.2) is 5.58 Å². The lowest BCUT2D eigenvalue weighted by Crippen LogP contribution is -2.09. The fourth-order valence-electron chi connectivity index (χ4n) is 6.70. The minimum Gasteiger partial charge on any atom is -0.435 e. The molecule has 0 unspecified atom stereocenters. The van der Waals surface area contributed by atoms with Gasteiger partial charge in [0.2, 0.25) is 5.89 Å². The number of nitrogens with zero attached hydrogens (tertiary/aromatic N) is 2. The van der Waals surface area contributed by atoms with Crippen LogP contribution in [0.4, 0.5) is 17.1 Å². The van der Waals surface area contributed by atoms with Crippen molar-refractivity contribution in [1.29, 1.82) is 0 Å². The van der Waals surface area contributed by atoms with Crippen LogP contribution in [0.1, 0.15) is 0 Å². The molecule has 0 bridgehead atoms. The molecule has 0 saturated carbocycles. The van der Waals surface area contributed by atoms with Gasteiger partial charge in [-0.2, -0.15) is 0 Å². The number of hydrogen-bond donors (Lipinski definition) is 0. The molecule has 0 N–H and O–H groups in total. The van der Waals surface area contributed by atoms with Crippen LogP contribution in [-0.4, -0.2) is 4.98 Å². The Morgan fingerprint density at radius 2 is 1.00 bits per heavy atom. The normalized spacial score (nSPS) is 11.3. The molecule has 0 amide bonds. The van der Waals surface area contributed by atoms with Crippen LogP contribution < -0.4 is 4.90 Å². The maximum absolute atomic E-state index is 6.35. The predicted octanol–water partition coefficient (Wildman–Crippen LogP) is 12.6. The third-order valence-electron chi connectivity index (χ3n) is 9.07. The van der Waals surface area contributed by atoms with Crippen LogP contribution in [0, 0.1) is 0 Å². The van der Waals surface area contributed by atoms with E-state index in [4.69, 9.17) is 9.40 Å². The van der Waals surface area contributed by atoms with Gasteiger partial charge >= 0.3 is 0 Å². The van der Waals surface area contributed by atoms with E-state index in [-0.39, 0.29) is 0 Å². The number of aromatic nitrogens is 1. The van der Waals surface area contributed by atoms with E-state index in [0.29, 0.717) is 5.89 Å². The lowest BCUT2D eigenvalue weighted by molar-refractivity contribution is 0.623. The first-order chi connectivity index (χ1) is 23.8. The minimum atomic E-state index is 0.640. The third kappa shape index (κ3) is 4.99. The highest BCUT2D eigenvalue weighted by Crippen LogP contribution is 2.39. The lowest BCUT2D eigenvalue weighted by atomic mass is 9.95. The summed E-state index contributed by atoms with van der Waals surface area (Å²) in [4.78, 5) is 7.11. The molecular weight excluding hydrogens is 585 g/mol. The Bertz CT molecular complexity index is 2540. The van der Waals surface area contributed by atoms with Gasteiger partial charge in [-0.25, -0.2) is 4.98 Å². The molecule has 1 heterocycles. The Morgan fingerprint density at radius 3 is 1.77 bits per heavy atom. The topological polar surface area (TPSA) is 29.3 Å². The van der Waals surface area contributed by atoms with Crippen molar-refractivity contribution in [3.05, 3.63) is 182 Å². The van der Waals surface area contributed by atoms with Gasteiger partial charge in [-0.15, -0.1) is 0 Å². The smallest absolute Gasteiger partial charge is 0.227 e. The SMILES string of the molecule is c1ccc(-c2ccc(N(c3ccccc3)c3ccc4cc(-c5cccc6c5ccc5nc(-c7ccccc7)oc56)ccc4c3)cc2)cc1. The molecule has 9 rings (SSSR count). The summed E-state index contributed by atoms with van der Waals surface area (Å²) in [6, 6.07) is 64.1. The molecule has 1 aromatic heterocycles. The van der Waals surface area contributed by atoms with Crippen LogP contribution in [0.3, 0.4) is 0 Å². The van der Waals surface area contributed by atoms with Crippen LogP contribution in [-0.2, 0) is 0 Å². The molecule has 0 aliphatic heterocycles. The molecule has 48 heavy (non-hydrogen) atoms. The van der Waals surface area contributed by atoms with Gasteiger partial charge in [-0.1, -0.05) is 121 Å². The second kappa shape index (κ2) is 11.7. The monoisotopic (exact) mass is 614 g/mol. The van der Waals surface area contributed by atoms with Gasteiger partial charge in [0.1, 0.15) is 5.52 Å². The first-order valence-corrected chi connectivity index (χ1v) is 16.2. The summed E-state index contributed by atoms with van der Waals surface area (Å²) in [5, 5.41) is 4.58. The zero-order valence-electron chi connectivity index (χ0n) is 26.1. The number of para-hydroxylation sites is 1. The fourth-order valence-corrected chi connectivity index (χ4v) is 6.70. The molecule has 0 fully saturated rings. The first-order valence-electron chi connectivity index (χ1n) is 16.2. The number of rotatable bonds is 6. The Labute approximate surface area is 279 Å². The van der Waals surface area contributed by atoms with Gasteiger partial charge in [0, 0.05) is 28.0 Å². The van der Waals surface area contributed by atoms with Crippen molar-refractivity contribution in [1.82, 2.24) is 4.98 Å². The molecule has 226 valence electrons. The van der Waals surface area contributed by atoms with E-state index in [2.05, 4.69) is 157 Å². The van der Waals surface area contributed by atoms with Crippen LogP contribution in [0.5, 0.6) is 0 Å². The molecule has 0 aliphatic rings. The second-order valence-electron chi connectivity index (χ2n) is 12.0. The quantitative estimate of drug-likeness (QED) is 0.187. The molecule has 3 heteroatoms. The summed E-state index contributed by atoms with van der Waals surface area (Å²) in [6.45, 7) is 0. The van der Waals surface area contributed by atoms with E-state index in [0.717, 1.165) is 44.5 Å². The molecule has 9 aromatic rings. The zero-order chi connectivity index (χ0) is 31.9. The van der Waals surface area contributed by atoms with E-state index in [9.17, 15) is 0 Å². The van der Waals surface area contributed by atoms with Crippen LogP contribution in [0.25, 0.3) is 66.4 Å². The van der Waals surface area contributed by atoms with Crippen molar-refractivity contribution in [3.8, 4) is 33.7 Å². The highest BCUT2D eigenvalue weighted by atomic mass is 16.3. The average molecular weight is 615 g/mol. The summed E-state index contributed by atoms with van der Waals surface area (Å²) in [6.07, 6.45) is 0. The largest absolute Gasteiger partial charge is 0.435 e. The minimum absolute atomic E-state index is 0.640.